The molecular weight excluding hydrogens is 298 g/mol. The summed E-state index contributed by atoms with van der Waals surface area (Å²) in [5.74, 6) is 0. The number of thiophene rings is 1. The molecule has 0 amide bonds. The molecule has 2 aromatic heterocycles. The van der Waals surface area contributed by atoms with Crippen molar-refractivity contribution in [3.05, 3.63) is 51.4 Å². The third kappa shape index (κ3) is 2.13. The van der Waals surface area contributed by atoms with Crippen LogP contribution in [0, 0.1) is 17.0 Å². The van der Waals surface area contributed by atoms with E-state index < -0.39 is 0 Å². The van der Waals surface area contributed by atoms with Crippen LogP contribution in [0.2, 0.25) is 5.15 Å². The molecule has 1 aromatic carbocycles. The van der Waals surface area contributed by atoms with Crippen molar-refractivity contribution in [3.8, 4) is 10.4 Å². The highest BCUT2D eigenvalue weighted by atomic mass is 35.5. The van der Waals surface area contributed by atoms with E-state index in [0.717, 1.165) is 15.1 Å². The molecule has 5 nitrogen and oxygen atoms in total. The average molecular weight is 306 g/mol. The molecule has 0 aliphatic heterocycles. The molecule has 0 saturated carbocycles. The van der Waals surface area contributed by atoms with Crippen LogP contribution in [0.5, 0.6) is 0 Å². The van der Waals surface area contributed by atoms with Crippen molar-refractivity contribution in [2.24, 2.45) is 0 Å². The molecule has 0 unspecified atom stereocenters. The molecule has 0 bridgehead atoms. The number of hydrogen-bond donors (Lipinski definition) is 0. The minimum absolute atomic E-state index is 0.0752. The van der Waals surface area contributed by atoms with Crippen LogP contribution >= 0.6 is 22.9 Å². The maximum Gasteiger partial charge on any atom is 0.278 e. The van der Waals surface area contributed by atoms with Gasteiger partial charge in [0.25, 0.3) is 5.69 Å². The van der Waals surface area contributed by atoms with Gasteiger partial charge < -0.3 is 0 Å². The maximum absolute atomic E-state index is 11.1. The number of nitrogens with zero attached hydrogens (tertiary/aromatic N) is 3. The monoisotopic (exact) mass is 305 g/mol. The molecule has 0 spiro atoms. The fourth-order valence-electron chi connectivity index (χ4n) is 1.96. The molecule has 0 saturated heterocycles. The first kappa shape index (κ1) is 13.0. The third-order valence-corrected chi connectivity index (χ3v) is 4.44. The predicted molar refractivity (Wildman–Crippen MR) is 79.3 cm³/mol. The SMILES string of the molecule is Cc1ccc([N+](=O)[O-])c(-c2cc3ncnc(Cl)c3s2)c1. The Bertz CT molecular complexity index is 832. The smallest absolute Gasteiger partial charge is 0.258 e. The van der Waals surface area contributed by atoms with E-state index in [4.69, 9.17) is 11.6 Å². The lowest BCUT2D eigenvalue weighted by Gasteiger charge is -2.01. The summed E-state index contributed by atoms with van der Waals surface area (Å²) in [6, 6.07) is 6.84. The number of aryl methyl sites for hydroxylation is 1. The highest BCUT2D eigenvalue weighted by Gasteiger charge is 2.18. The van der Waals surface area contributed by atoms with Gasteiger partial charge >= 0.3 is 0 Å². The highest BCUT2D eigenvalue weighted by Crippen LogP contribution is 2.39. The van der Waals surface area contributed by atoms with Crippen molar-refractivity contribution in [2.45, 2.75) is 6.92 Å². The molecule has 20 heavy (non-hydrogen) atoms. The largest absolute Gasteiger partial charge is 0.278 e. The van der Waals surface area contributed by atoms with Gasteiger partial charge in [-0.15, -0.1) is 11.3 Å². The summed E-state index contributed by atoms with van der Waals surface area (Å²) < 4.78 is 0.736. The van der Waals surface area contributed by atoms with Gasteiger partial charge in [-0.1, -0.05) is 17.7 Å². The minimum atomic E-state index is -0.382. The Morgan fingerprint density at radius 1 is 1.30 bits per heavy atom. The Morgan fingerprint density at radius 2 is 2.10 bits per heavy atom. The molecule has 2 heterocycles. The summed E-state index contributed by atoms with van der Waals surface area (Å²) in [6.07, 6.45) is 1.38. The fourth-order valence-corrected chi connectivity index (χ4v) is 3.24. The summed E-state index contributed by atoms with van der Waals surface area (Å²) in [5, 5.41) is 11.5. The molecule has 0 fully saturated rings. The number of nitro groups is 1. The first-order chi connectivity index (χ1) is 9.56. The summed E-state index contributed by atoms with van der Waals surface area (Å²) in [7, 11) is 0. The number of hydrogen-bond acceptors (Lipinski definition) is 5. The van der Waals surface area contributed by atoms with Gasteiger partial charge in [-0.25, -0.2) is 9.97 Å². The van der Waals surface area contributed by atoms with Crippen LogP contribution in [0.3, 0.4) is 0 Å². The molecule has 3 aromatic rings. The van der Waals surface area contributed by atoms with E-state index >= 15 is 0 Å². The summed E-state index contributed by atoms with van der Waals surface area (Å²) >= 11 is 7.37. The molecule has 0 aliphatic rings. The minimum Gasteiger partial charge on any atom is -0.258 e. The summed E-state index contributed by atoms with van der Waals surface area (Å²) in [6.45, 7) is 1.90. The van der Waals surface area contributed by atoms with Gasteiger partial charge in [0, 0.05) is 10.9 Å². The number of benzene rings is 1. The van der Waals surface area contributed by atoms with E-state index in [1.807, 2.05) is 6.92 Å². The van der Waals surface area contributed by atoms with Crippen LogP contribution in [0.25, 0.3) is 20.7 Å². The van der Waals surface area contributed by atoms with Crippen LogP contribution in [-0.4, -0.2) is 14.9 Å². The van der Waals surface area contributed by atoms with Crippen molar-refractivity contribution in [1.29, 1.82) is 0 Å². The normalized spacial score (nSPS) is 10.9. The van der Waals surface area contributed by atoms with E-state index in [1.165, 1.54) is 23.7 Å². The second kappa shape index (κ2) is 4.81. The molecule has 3 rings (SSSR count). The zero-order valence-corrected chi connectivity index (χ0v) is 11.9. The van der Waals surface area contributed by atoms with E-state index in [1.54, 1.807) is 18.2 Å². The molecular formula is C13H8ClN3O2S. The number of nitro benzene ring substituents is 1. The van der Waals surface area contributed by atoms with Gasteiger partial charge in [0.1, 0.15) is 11.5 Å². The molecule has 7 heteroatoms. The van der Waals surface area contributed by atoms with Crippen molar-refractivity contribution < 1.29 is 4.92 Å². The summed E-state index contributed by atoms with van der Waals surface area (Å²) in [5.41, 5.74) is 2.31. The van der Waals surface area contributed by atoms with Crippen molar-refractivity contribution >= 4 is 38.8 Å². The van der Waals surface area contributed by atoms with Gasteiger partial charge in [0.05, 0.1) is 20.7 Å². The van der Waals surface area contributed by atoms with Crippen molar-refractivity contribution in [2.75, 3.05) is 0 Å². The van der Waals surface area contributed by atoms with Gasteiger partial charge in [-0.2, -0.15) is 0 Å². The van der Waals surface area contributed by atoms with E-state index in [9.17, 15) is 10.1 Å². The summed E-state index contributed by atoms with van der Waals surface area (Å²) in [4.78, 5) is 19.6. The Morgan fingerprint density at radius 3 is 2.80 bits per heavy atom. The van der Waals surface area contributed by atoms with Crippen LogP contribution in [-0.2, 0) is 0 Å². The first-order valence-corrected chi connectivity index (χ1v) is 6.91. The standard InChI is InChI=1S/C13H8ClN3O2S/c1-7-2-3-10(17(18)19)8(4-7)11-5-9-12(20-11)13(14)16-6-15-9/h2-6H,1H3. The first-order valence-electron chi connectivity index (χ1n) is 5.71. The Hall–Kier alpha value is -2.05. The Kier molecular flexibility index (Phi) is 3.11. The quantitative estimate of drug-likeness (QED) is 0.403. The third-order valence-electron chi connectivity index (χ3n) is 2.88. The number of halogens is 1. The van der Waals surface area contributed by atoms with Gasteiger partial charge in [-0.05, 0) is 24.6 Å². The van der Waals surface area contributed by atoms with E-state index in [0.29, 0.717) is 16.2 Å². The average Bonchev–Trinajstić information content (AvgIpc) is 2.83. The van der Waals surface area contributed by atoms with Crippen molar-refractivity contribution in [1.82, 2.24) is 9.97 Å². The lowest BCUT2D eigenvalue weighted by molar-refractivity contribution is -0.384. The van der Waals surface area contributed by atoms with E-state index in [2.05, 4.69) is 9.97 Å². The second-order valence-corrected chi connectivity index (χ2v) is 5.68. The van der Waals surface area contributed by atoms with Gasteiger partial charge in [0.15, 0.2) is 0 Å². The maximum atomic E-state index is 11.1. The van der Waals surface area contributed by atoms with Crippen LogP contribution in [0.1, 0.15) is 5.56 Å². The lowest BCUT2D eigenvalue weighted by Crippen LogP contribution is -1.91. The predicted octanol–water partition coefficient (Wildman–Crippen LogP) is 4.23. The molecule has 0 atom stereocenters. The molecule has 0 aliphatic carbocycles. The zero-order valence-electron chi connectivity index (χ0n) is 10.3. The number of rotatable bonds is 2. The zero-order chi connectivity index (χ0) is 14.3. The number of aromatic nitrogens is 2. The van der Waals surface area contributed by atoms with Crippen LogP contribution < -0.4 is 0 Å². The van der Waals surface area contributed by atoms with E-state index in [-0.39, 0.29) is 10.6 Å². The van der Waals surface area contributed by atoms with Gasteiger partial charge in [0.2, 0.25) is 0 Å². The molecule has 0 N–H and O–H groups in total. The van der Waals surface area contributed by atoms with Crippen LogP contribution in [0.15, 0.2) is 30.6 Å². The molecule has 0 radical (unpaired) electrons. The van der Waals surface area contributed by atoms with Crippen LogP contribution in [0.4, 0.5) is 5.69 Å². The number of fused-ring (bicyclic) bond motifs is 1. The molecule has 100 valence electrons. The second-order valence-electron chi connectivity index (χ2n) is 4.27. The van der Waals surface area contributed by atoms with Crippen molar-refractivity contribution in [3.63, 3.8) is 0 Å². The Balaban J connectivity index is 2.27. The fraction of sp³-hybridized carbons (Fsp3) is 0.0769. The Labute approximate surface area is 123 Å². The highest BCUT2D eigenvalue weighted by molar-refractivity contribution is 7.22. The van der Waals surface area contributed by atoms with Gasteiger partial charge in [-0.3, -0.25) is 10.1 Å². The lowest BCUT2D eigenvalue weighted by atomic mass is 10.1. The topological polar surface area (TPSA) is 68.9 Å².